The molecule has 2 nitrogen and oxygen atoms in total. The van der Waals surface area contributed by atoms with Gasteiger partial charge in [0.1, 0.15) is 0 Å². The summed E-state index contributed by atoms with van der Waals surface area (Å²) >= 11 is 0. The molecule has 2 heteroatoms. The summed E-state index contributed by atoms with van der Waals surface area (Å²) in [7, 11) is 0. The normalized spacial score (nSPS) is 19.0. The molecule has 290 valence electrons. The first kappa shape index (κ1) is 35.5. The number of hydrogen-bond donors (Lipinski definition) is 0. The van der Waals surface area contributed by atoms with Gasteiger partial charge in [-0.2, -0.15) is 0 Å². The molecule has 0 aliphatic heterocycles. The quantitative estimate of drug-likeness (QED) is 0.159. The largest absolute Gasteiger partial charge is 0.310 e. The summed E-state index contributed by atoms with van der Waals surface area (Å²) in [5.74, 6) is 1.01. The van der Waals surface area contributed by atoms with E-state index >= 15 is 0 Å². The van der Waals surface area contributed by atoms with Crippen molar-refractivity contribution >= 4 is 39.2 Å². The van der Waals surface area contributed by atoms with Crippen LogP contribution in [0, 0.1) is 11.8 Å². The molecule has 0 fully saturated rings. The molecular formula is C59H44N2. The molecule has 8 aromatic carbocycles. The zero-order valence-electron chi connectivity index (χ0n) is 33.9. The van der Waals surface area contributed by atoms with Crippen LogP contribution in [0.4, 0.5) is 28.4 Å². The maximum absolute atomic E-state index is 2.51. The van der Waals surface area contributed by atoms with Crippen LogP contribution >= 0.6 is 0 Å². The minimum absolute atomic E-state index is 0.484. The van der Waals surface area contributed by atoms with Crippen molar-refractivity contribution < 1.29 is 0 Å². The lowest BCUT2D eigenvalue weighted by atomic mass is 9.70. The van der Waals surface area contributed by atoms with Crippen molar-refractivity contribution in [2.75, 3.05) is 9.80 Å². The molecular weight excluding hydrogens is 737 g/mol. The lowest BCUT2D eigenvalue weighted by molar-refractivity contribution is 0.476. The van der Waals surface area contributed by atoms with E-state index in [4.69, 9.17) is 0 Å². The topological polar surface area (TPSA) is 6.48 Å². The van der Waals surface area contributed by atoms with Crippen LogP contribution in [-0.4, -0.2) is 0 Å². The van der Waals surface area contributed by atoms with Gasteiger partial charge in [0.25, 0.3) is 0 Å². The average molecular weight is 781 g/mol. The Bertz CT molecular complexity index is 3110. The van der Waals surface area contributed by atoms with Gasteiger partial charge in [0.05, 0.1) is 16.8 Å². The Morgan fingerprint density at radius 3 is 1.82 bits per heavy atom. The van der Waals surface area contributed by atoms with Crippen molar-refractivity contribution in [1.29, 1.82) is 0 Å². The highest BCUT2D eigenvalue weighted by atomic mass is 15.2. The Balaban J connectivity index is 1.09. The predicted octanol–water partition coefficient (Wildman–Crippen LogP) is 15.4. The molecule has 0 saturated carbocycles. The van der Waals surface area contributed by atoms with E-state index in [1.165, 1.54) is 66.7 Å². The molecule has 3 atom stereocenters. The Kier molecular flexibility index (Phi) is 8.38. The van der Waals surface area contributed by atoms with Crippen molar-refractivity contribution in [3.63, 3.8) is 0 Å². The minimum atomic E-state index is -0.532. The van der Waals surface area contributed by atoms with E-state index in [2.05, 4.69) is 240 Å². The first-order valence-corrected chi connectivity index (χ1v) is 21.7. The van der Waals surface area contributed by atoms with E-state index in [1.54, 1.807) is 0 Å². The molecule has 0 amide bonds. The fourth-order valence-electron chi connectivity index (χ4n) is 10.9. The van der Waals surface area contributed by atoms with Crippen molar-refractivity contribution in [1.82, 2.24) is 0 Å². The number of allylic oxidation sites excluding steroid dienone is 7. The molecule has 12 rings (SSSR count). The summed E-state index contributed by atoms with van der Waals surface area (Å²) in [6, 6.07) is 69.8. The lowest BCUT2D eigenvalue weighted by Crippen LogP contribution is -2.26. The van der Waals surface area contributed by atoms with Gasteiger partial charge in [0.2, 0.25) is 0 Å². The number of benzene rings is 8. The summed E-state index contributed by atoms with van der Waals surface area (Å²) in [6.45, 7) is 0. The van der Waals surface area contributed by atoms with Crippen molar-refractivity contribution in [2.45, 2.75) is 18.3 Å². The van der Waals surface area contributed by atoms with Gasteiger partial charge in [-0.1, -0.05) is 176 Å². The molecule has 1 spiro atoms. The molecule has 4 aliphatic rings. The van der Waals surface area contributed by atoms with Gasteiger partial charge in [-0.3, -0.25) is 0 Å². The number of nitrogens with zero attached hydrogens (tertiary/aromatic N) is 2. The van der Waals surface area contributed by atoms with Crippen LogP contribution in [0.3, 0.4) is 0 Å². The van der Waals surface area contributed by atoms with Crippen LogP contribution in [0.1, 0.15) is 35.1 Å². The number of para-hydroxylation sites is 2. The molecule has 61 heavy (non-hydrogen) atoms. The molecule has 3 unspecified atom stereocenters. The van der Waals surface area contributed by atoms with E-state index in [1.807, 2.05) is 0 Å². The predicted molar refractivity (Wildman–Crippen MR) is 255 cm³/mol. The first-order chi connectivity index (χ1) is 30.3. The van der Waals surface area contributed by atoms with Gasteiger partial charge >= 0.3 is 0 Å². The highest BCUT2D eigenvalue weighted by molar-refractivity contribution is 6.02. The molecule has 8 aromatic rings. The minimum Gasteiger partial charge on any atom is -0.310 e. The van der Waals surface area contributed by atoms with Gasteiger partial charge in [0.15, 0.2) is 0 Å². The van der Waals surface area contributed by atoms with Crippen molar-refractivity contribution in [3.8, 4) is 22.3 Å². The number of fused-ring (bicyclic) bond motifs is 11. The standard InChI is InChI=1S/C59H44N2/c1-4-18-41(19-5-1)42-34-36-46(37-35-42)60(44-22-6-2-7-23-44)57-33-17-31-54-58(57)51-28-13-15-30-53(51)59(54)52-29-14-12-27-49(52)50-39-38-47(40-55(50)59)61(45-24-8-3-9-25-45)56-32-16-21-43-20-10-11-26-48(43)56/h1-18,20-34,36-42H,19,35H2. The van der Waals surface area contributed by atoms with E-state index < -0.39 is 5.41 Å². The molecule has 0 N–H and O–H groups in total. The summed E-state index contributed by atoms with van der Waals surface area (Å²) in [5.41, 5.74) is 16.9. The van der Waals surface area contributed by atoms with Crippen LogP contribution in [0.5, 0.6) is 0 Å². The van der Waals surface area contributed by atoms with Gasteiger partial charge in [-0.15, -0.1) is 0 Å². The van der Waals surface area contributed by atoms with Crippen molar-refractivity contribution in [2.24, 2.45) is 11.8 Å². The second kappa shape index (κ2) is 14.4. The molecule has 0 radical (unpaired) electrons. The van der Waals surface area contributed by atoms with Gasteiger partial charge < -0.3 is 9.80 Å². The SMILES string of the molecule is C1=CCC(C2C=CC(N(c3ccccc3)c3cccc4c3-c3ccccc3C43c4ccccc4-c4ccc(N(c5ccccc5)c5cccc6ccccc56)cc43)=CC2)C=C1. The Morgan fingerprint density at radius 1 is 0.426 bits per heavy atom. The van der Waals surface area contributed by atoms with Crippen molar-refractivity contribution in [3.05, 3.63) is 259 Å². The lowest BCUT2D eigenvalue weighted by Gasteiger charge is -2.34. The monoisotopic (exact) mass is 780 g/mol. The average Bonchev–Trinajstić information content (AvgIpc) is 3.81. The summed E-state index contributed by atoms with van der Waals surface area (Å²) in [6.07, 6.45) is 18.5. The molecule has 0 aromatic heterocycles. The smallest absolute Gasteiger partial charge is 0.0727 e. The zero-order chi connectivity index (χ0) is 40.3. The molecule has 0 saturated heterocycles. The number of hydrogen-bond acceptors (Lipinski definition) is 2. The highest BCUT2D eigenvalue weighted by Gasteiger charge is 2.52. The van der Waals surface area contributed by atoms with Crippen LogP contribution < -0.4 is 9.80 Å². The van der Waals surface area contributed by atoms with Crippen LogP contribution in [0.2, 0.25) is 0 Å². The zero-order valence-corrected chi connectivity index (χ0v) is 33.9. The molecule has 4 aliphatic carbocycles. The Hall–Kier alpha value is -7.42. The third kappa shape index (κ3) is 5.49. The molecule has 0 bridgehead atoms. The van der Waals surface area contributed by atoms with Crippen LogP contribution in [-0.2, 0) is 5.41 Å². The van der Waals surface area contributed by atoms with E-state index in [9.17, 15) is 0 Å². The fraction of sp³-hybridized carbons (Fsp3) is 0.0847. The second-order valence-corrected chi connectivity index (χ2v) is 16.7. The molecule has 0 heterocycles. The number of rotatable bonds is 7. The Labute approximate surface area is 358 Å². The van der Waals surface area contributed by atoms with Gasteiger partial charge in [-0.05, 0) is 124 Å². The van der Waals surface area contributed by atoms with E-state index in [0.29, 0.717) is 11.8 Å². The highest BCUT2D eigenvalue weighted by Crippen LogP contribution is 2.65. The van der Waals surface area contributed by atoms with E-state index in [0.717, 1.165) is 35.6 Å². The third-order valence-corrected chi connectivity index (χ3v) is 13.5. The summed E-state index contributed by atoms with van der Waals surface area (Å²) < 4.78 is 0. The van der Waals surface area contributed by atoms with Gasteiger partial charge in [0, 0.05) is 33.7 Å². The Morgan fingerprint density at radius 2 is 1.05 bits per heavy atom. The number of anilines is 5. The maximum atomic E-state index is 2.51. The fourth-order valence-corrected chi connectivity index (χ4v) is 10.9. The second-order valence-electron chi connectivity index (χ2n) is 16.7. The van der Waals surface area contributed by atoms with E-state index in [-0.39, 0.29) is 0 Å². The summed E-state index contributed by atoms with van der Waals surface area (Å²) in [4.78, 5) is 4.96. The first-order valence-electron chi connectivity index (χ1n) is 21.7. The third-order valence-electron chi connectivity index (χ3n) is 13.5. The van der Waals surface area contributed by atoms with Crippen LogP contribution in [0.15, 0.2) is 236 Å². The summed E-state index contributed by atoms with van der Waals surface area (Å²) in [5, 5.41) is 2.44. The van der Waals surface area contributed by atoms with Gasteiger partial charge in [-0.25, -0.2) is 0 Å². The van der Waals surface area contributed by atoms with Crippen LogP contribution in [0.25, 0.3) is 33.0 Å². The maximum Gasteiger partial charge on any atom is 0.0727 e.